The van der Waals surface area contributed by atoms with Crippen molar-refractivity contribution in [2.24, 2.45) is 0 Å². The lowest BCUT2D eigenvalue weighted by molar-refractivity contribution is -0.0585. The van der Waals surface area contributed by atoms with Crippen LogP contribution in [0.3, 0.4) is 0 Å². The van der Waals surface area contributed by atoms with E-state index in [2.05, 4.69) is 171 Å². The van der Waals surface area contributed by atoms with E-state index in [-0.39, 0.29) is 11.1 Å². The number of phenols is 1. The van der Waals surface area contributed by atoms with Gasteiger partial charge in [-0.25, -0.2) is 0 Å². The largest absolute Gasteiger partial charge is 0.524 e. The second-order valence-corrected chi connectivity index (χ2v) is 22.2. The van der Waals surface area contributed by atoms with Crippen LogP contribution in [0.1, 0.15) is 5.56 Å². The molecule has 14 rings (SSSR count). The predicted molar refractivity (Wildman–Crippen MR) is 301 cm³/mol. The number of phenolic OH excluding ortho intramolecular Hbond substituents is 1. The predicted octanol–water partition coefficient (Wildman–Crippen LogP) is 18.5. The fourth-order valence-corrected chi connectivity index (χ4v) is 11.8. The van der Waals surface area contributed by atoms with E-state index < -0.39 is 31.3 Å². The molecule has 2 aromatic heterocycles. The first-order chi connectivity index (χ1) is 37.2. The summed E-state index contributed by atoms with van der Waals surface area (Å²) < 4.78 is 123. The maximum absolute atomic E-state index is 11.4. The Morgan fingerprint density at radius 2 is 0.731 bits per heavy atom. The van der Waals surface area contributed by atoms with Crippen LogP contribution in [0.4, 0.5) is 26.3 Å². The van der Waals surface area contributed by atoms with Crippen LogP contribution < -0.4 is 0 Å². The number of hydrogen-bond donors (Lipinski definition) is 1. The van der Waals surface area contributed by atoms with E-state index in [0.717, 1.165) is 49.3 Å². The number of fused-ring (bicyclic) bond motifs is 22. The molecule has 0 aliphatic rings. The van der Waals surface area contributed by atoms with Gasteiger partial charge in [-0.15, -0.1) is 26.8 Å². The highest BCUT2D eigenvalue weighted by atomic mass is 35.5. The number of aryl methyl sites for hydroxylation is 1. The van der Waals surface area contributed by atoms with Crippen molar-refractivity contribution >= 4 is 173 Å². The number of aromatic hydroxyl groups is 1. The molecular formula is C60H36Cl2F6O8S2. The normalized spacial score (nSPS) is 12.5. The Bertz CT molecular complexity index is 4690. The van der Waals surface area contributed by atoms with E-state index in [4.69, 9.17) is 32.0 Å². The summed E-state index contributed by atoms with van der Waals surface area (Å²) in [5.74, 6) is 0.281. The van der Waals surface area contributed by atoms with Crippen molar-refractivity contribution in [2.45, 2.75) is 17.9 Å². The third-order valence-electron chi connectivity index (χ3n) is 13.5. The number of alkyl halides is 8. The minimum absolute atomic E-state index is 0.194. The zero-order chi connectivity index (χ0) is 55.1. The summed E-state index contributed by atoms with van der Waals surface area (Å²) in [5.41, 5.74) is -7.54. The summed E-state index contributed by atoms with van der Waals surface area (Å²) in [6, 6.07) is 64.0. The van der Waals surface area contributed by atoms with Gasteiger partial charge >= 0.3 is 31.3 Å². The fourth-order valence-electron chi connectivity index (χ4n) is 10.3. The maximum Gasteiger partial charge on any atom is 0.524 e. The Kier molecular flexibility index (Phi) is 13.1. The Hall–Kier alpha value is -7.86. The molecule has 0 saturated carbocycles. The van der Waals surface area contributed by atoms with Crippen LogP contribution in [0, 0.1) is 6.92 Å². The molecule has 2 heterocycles. The molecule has 78 heavy (non-hydrogen) atoms. The van der Waals surface area contributed by atoms with E-state index in [1.165, 1.54) is 86.4 Å². The molecule has 0 atom stereocenters. The van der Waals surface area contributed by atoms with E-state index in [9.17, 15) is 48.3 Å². The summed E-state index contributed by atoms with van der Waals surface area (Å²) in [4.78, 5) is 0. The van der Waals surface area contributed by atoms with Gasteiger partial charge in [-0.2, -0.15) is 43.2 Å². The van der Waals surface area contributed by atoms with Gasteiger partial charge in [-0.1, -0.05) is 139 Å². The molecule has 0 aliphatic heterocycles. The lowest BCUT2D eigenvalue weighted by Gasteiger charge is -2.11. The Morgan fingerprint density at radius 1 is 0.397 bits per heavy atom. The minimum Gasteiger partial charge on any atom is -0.508 e. The first-order valence-corrected chi connectivity index (χ1v) is 27.4. The van der Waals surface area contributed by atoms with Crippen molar-refractivity contribution in [3.63, 3.8) is 0 Å². The van der Waals surface area contributed by atoms with Gasteiger partial charge in [-0.3, -0.25) is 0 Å². The summed E-state index contributed by atoms with van der Waals surface area (Å²) in [6.07, 6.45) is 0. The van der Waals surface area contributed by atoms with Crippen molar-refractivity contribution in [1.29, 1.82) is 0 Å². The second-order valence-electron chi connectivity index (χ2n) is 18.2. The van der Waals surface area contributed by atoms with Crippen LogP contribution in [0.5, 0.6) is 5.75 Å². The van der Waals surface area contributed by atoms with Gasteiger partial charge in [0, 0.05) is 21.5 Å². The molecule has 0 aliphatic carbocycles. The zero-order valence-corrected chi connectivity index (χ0v) is 43.3. The number of furan rings is 2. The van der Waals surface area contributed by atoms with Crippen LogP contribution in [0.15, 0.2) is 191 Å². The van der Waals surface area contributed by atoms with Crippen LogP contribution in [-0.2, 0) is 23.9 Å². The zero-order valence-electron chi connectivity index (χ0n) is 40.2. The smallest absolute Gasteiger partial charge is 0.508 e. The van der Waals surface area contributed by atoms with Gasteiger partial charge in [0.25, 0.3) is 0 Å². The van der Waals surface area contributed by atoms with Gasteiger partial charge < -0.3 is 13.9 Å². The van der Waals surface area contributed by atoms with E-state index >= 15 is 0 Å². The number of halogens is 8. The third kappa shape index (κ3) is 9.06. The van der Waals surface area contributed by atoms with E-state index in [1.807, 2.05) is 15.8 Å². The molecule has 12 aromatic carbocycles. The molecule has 0 bridgehead atoms. The quantitative estimate of drug-likeness (QED) is 0.0786. The third-order valence-corrected chi connectivity index (χ3v) is 16.1. The first kappa shape index (κ1) is 52.2. The molecule has 0 amide bonds. The van der Waals surface area contributed by atoms with Crippen molar-refractivity contribution in [3.8, 4) is 5.75 Å². The van der Waals surface area contributed by atoms with Gasteiger partial charge in [0.2, 0.25) is 0 Å². The first-order valence-electron chi connectivity index (χ1n) is 23.5. The molecule has 0 spiro atoms. The standard InChI is InChI=1S/C29H18O.C28H16O2.C2F6O5S2.CH2Cl2/c1-17-10-12-22-23(14-17)20-8-4-5-9-21(20)24-15-26-28(16-25(22)24)30-27-13-11-18-6-2-3-7-19(18)29(26)27;29-17-10-11-21-22(13-17)19-7-3-4-8-20(19)23-14-25-27(15-24(21)23)30-26-12-9-16-5-1-2-6-18(16)28(25)26;3-1(4,5)14(9,10)13-15(11,12)2(6,7)8;2-1-3/h2-16H,1H3;1-15,29H;;1H2. The van der Waals surface area contributed by atoms with Crippen LogP contribution in [0.2, 0.25) is 0 Å². The van der Waals surface area contributed by atoms with Gasteiger partial charge in [0.1, 0.15) is 28.1 Å². The van der Waals surface area contributed by atoms with Gasteiger partial charge in [0.05, 0.1) is 5.34 Å². The Balaban J connectivity index is 0.000000128. The molecule has 0 fully saturated rings. The summed E-state index contributed by atoms with van der Waals surface area (Å²) >= 11 is 9.53. The maximum atomic E-state index is 11.4. The lowest BCUT2D eigenvalue weighted by atomic mass is 9.92. The topological polar surface area (TPSA) is 124 Å². The molecule has 392 valence electrons. The molecule has 0 saturated heterocycles. The van der Waals surface area contributed by atoms with E-state index in [0.29, 0.717) is 0 Å². The van der Waals surface area contributed by atoms with Crippen LogP contribution >= 0.6 is 23.2 Å². The SMILES string of the molecule is Cc1ccc2c(c1)c1ccccc1c1cc3c(cc21)oc1ccc2ccccc2c13.ClCCl.O=S(=O)(OS(=O)(=O)C(F)(F)F)C(F)(F)F.Oc1ccc2c(c1)c1ccccc1c1cc3c(cc21)oc1ccc2ccccc2c13. The monoisotopic (exact) mass is 1130 g/mol. The Labute approximate surface area is 448 Å². The fraction of sp³-hybridized carbons (Fsp3) is 0.0667. The lowest BCUT2D eigenvalue weighted by Crippen LogP contribution is -2.34. The average molecular weight is 1130 g/mol. The molecular weight excluding hydrogens is 1100 g/mol. The molecule has 0 unspecified atom stereocenters. The summed E-state index contributed by atoms with van der Waals surface area (Å²) in [7, 11) is -13.7. The van der Waals surface area contributed by atoms with Crippen molar-refractivity contribution in [2.75, 3.05) is 5.34 Å². The number of benzene rings is 12. The highest BCUT2D eigenvalue weighted by Gasteiger charge is 2.57. The minimum atomic E-state index is -6.85. The summed E-state index contributed by atoms with van der Waals surface area (Å²) in [5, 5.41) is 34.5. The summed E-state index contributed by atoms with van der Waals surface area (Å²) in [6.45, 7) is 2.16. The van der Waals surface area contributed by atoms with Crippen LogP contribution in [0.25, 0.3) is 130 Å². The van der Waals surface area contributed by atoms with Crippen molar-refractivity contribution in [3.05, 3.63) is 188 Å². The van der Waals surface area contributed by atoms with Crippen molar-refractivity contribution < 1.29 is 60.7 Å². The highest BCUT2D eigenvalue weighted by molar-refractivity contribution is 8.00. The molecule has 1 N–H and O–H groups in total. The van der Waals surface area contributed by atoms with Gasteiger partial charge in [-0.05, 0) is 142 Å². The van der Waals surface area contributed by atoms with Crippen molar-refractivity contribution in [1.82, 2.24) is 0 Å². The number of rotatable bonds is 2. The molecule has 8 nitrogen and oxygen atoms in total. The second kappa shape index (κ2) is 19.6. The van der Waals surface area contributed by atoms with Gasteiger partial charge in [0.15, 0.2) is 0 Å². The molecule has 0 radical (unpaired) electrons. The highest BCUT2D eigenvalue weighted by Crippen LogP contribution is 2.44. The molecule has 14 aromatic rings. The van der Waals surface area contributed by atoms with E-state index in [1.54, 1.807) is 6.07 Å². The van der Waals surface area contributed by atoms with Crippen LogP contribution in [-0.4, -0.2) is 38.3 Å². The number of hydrogen-bond acceptors (Lipinski definition) is 8. The molecule has 18 heteroatoms. The Morgan fingerprint density at radius 3 is 1.14 bits per heavy atom. The average Bonchev–Trinajstić information content (AvgIpc) is 4.01.